The van der Waals surface area contributed by atoms with Gasteiger partial charge in [-0.05, 0) is 35.0 Å². The molecule has 0 bridgehead atoms. The lowest BCUT2D eigenvalue weighted by Crippen LogP contribution is -2.07. The van der Waals surface area contributed by atoms with Crippen molar-refractivity contribution in [2.45, 2.75) is 6.92 Å². The third kappa shape index (κ3) is 2.85. The number of nitro groups is 1. The standard InChI is InChI=1S/C12H12BrN5O2/c1-7-10(18(19)20)11(17-12(14-2)15-7)16-9-6-4-3-5-8(9)13/h3-6H,1-2H3,(H2,14,15,16,17). The number of rotatable bonds is 4. The molecule has 0 saturated carbocycles. The fourth-order valence-electron chi connectivity index (χ4n) is 1.67. The molecule has 0 aliphatic heterocycles. The molecule has 104 valence electrons. The number of benzene rings is 1. The smallest absolute Gasteiger partial charge is 0.332 e. The second-order valence-electron chi connectivity index (χ2n) is 3.94. The van der Waals surface area contributed by atoms with E-state index in [9.17, 15) is 10.1 Å². The van der Waals surface area contributed by atoms with Crippen LogP contribution in [0.25, 0.3) is 0 Å². The minimum atomic E-state index is -0.492. The lowest BCUT2D eigenvalue weighted by Gasteiger charge is -2.10. The first-order valence-corrected chi connectivity index (χ1v) is 6.54. The first-order chi connectivity index (χ1) is 9.52. The van der Waals surface area contributed by atoms with Gasteiger partial charge in [0.15, 0.2) is 0 Å². The van der Waals surface area contributed by atoms with Gasteiger partial charge >= 0.3 is 5.69 Å². The highest BCUT2D eigenvalue weighted by atomic mass is 79.9. The summed E-state index contributed by atoms with van der Waals surface area (Å²) in [6.07, 6.45) is 0. The van der Waals surface area contributed by atoms with Gasteiger partial charge in [-0.1, -0.05) is 12.1 Å². The van der Waals surface area contributed by atoms with E-state index in [4.69, 9.17) is 0 Å². The normalized spacial score (nSPS) is 10.2. The molecule has 2 aromatic rings. The van der Waals surface area contributed by atoms with Gasteiger partial charge in [0.25, 0.3) is 0 Å². The molecule has 0 saturated heterocycles. The quantitative estimate of drug-likeness (QED) is 0.657. The number of hydrogen-bond acceptors (Lipinski definition) is 6. The molecule has 1 heterocycles. The van der Waals surface area contributed by atoms with E-state index in [1.165, 1.54) is 0 Å². The van der Waals surface area contributed by atoms with E-state index in [2.05, 4.69) is 36.5 Å². The van der Waals surface area contributed by atoms with Gasteiger partial charge in [-0.25, -0.2) is 4.98 Å². The number of hydrogen-bond donors (Lipinski definition) is 2. The number of nitrogens with zero attached hydrogens (tertiary/aromatic N) is 3. The van der Waals surface area contributed by atoms with Crippen molar-refractivity contribution < 1.29 is 4.92 Å². The molecule has 0 aliphatic carbocycles. The Morgan fingerprint density at radius 2 is 2.00 bits per heavy atom. The highest BCUT2D eigenvalue weighted by Gasteiger charge is 2.22. The highest BCUT2D eigenvalue weighted by molar-refractivity contribution is 9.10. The summed E-state index contributed by atoms with van der Waals surface area (Å²) in [5.41, 5.74) is 0.847. The average molecular weight is 338 g/mol. The van der Waals surface area contributed by atoms with Crippen LogP contribution < -0.4 is 10.6 Å². The van der Waals surface area contributed by atoms with Gasteiger partial charge in [-0.2, -0.15) is 4.98 Å². The predicted octanol–water partition coefficient (Wildman–Crippen LogP) is 3.24. The van der Waals surface area contributed by atoms with E-state index in [1.54, 1.807) is 20.0 Å². The van der Waals surface area contributed by atoms with Gasteiger partial charge in [-0.15, -0.1) is 0 Å². The number of aryl methyl sites for hydroxylation is 1. The second kappa shape index (κ2) is 5.83. The van der Waals surface area contributed by atoms with E-state index in [0.717, 1.165) is 4.47 Å². The fourth-order valence-corrected chi connectivity index (χ4v) is 2.06. The minimum absolute atomic E-state index is 0.139. The van der Waals surface area contributed by atoms with Crippen molar-refractivity contribution in [3.8, 4) is 0 Å². The average Bonchev–Trinajstić information content (AvgIpc) is 2.40. The monoisotopic (exact) mass is 337 g/mol. The summed E-state index contributed by atoms with van der Waals surface area (Å²) in [7, 11) is 1.66. The Bertz CT molecular complexity index is 662. The van der Waals surface area contributed by atoms with E-state index >= 15 is 0 Å². The number of halogens is 1. The van der Waals surface area contributed by atoms with Crippen LogP contribution in [0.5, 0.6) is 0 Å². The fraction of sp³-hybridized carbons (Fsp3) is 0.167. The van der Waals surface area contributed by atoms with Gasteiger partial charge in [0.2, 0.25) is 11.8 Å². The number of para-hydroxylation sites is 1. The molecule has 2 rings (SSSR count). The first-order valence-electron chi connectivity index (χ1n) is 5.75. The predicted molar refractivity (Wildman–Crippen MR) is 80.4 cm³/mol. The van der Waals surface area contributed by atoms with Gasteiger partial charge in [0.05, 0.1) is 10.6 Å². The van der Waals surface area contributed by atoms with Crippen LogP contribution in [0, 0.1) is 17.0 Å². The molecule has 7 nitrogen and oxygen atoms in total. The Labute approximate surface area is 123 Å². The largest absolute Gasteiger partial charge is 0.357 e. The summed E-state index contributed by atoms with van der Waals surface area (Å²) in [6, 6.07) is 7.31. The van der Waals surface area contributed by atoms with Gasteiger partial charge in [0, 0.05) is 11.5 Å². The zero-order valence-electron chi connectivity index (χ0n) is 10.8. The van der Waals surface area contributed by atoms with Crippen molar-refractivity contribution >= 4 is 39.1 Å². The summed E-state index contributed by atoms with van der Waals surface area (Å²) in [6.45, 7) is 1.58. The maximum atomic E-state index is 11.2. The molecule has 1 aromatic carbocycles. The first kappa shape index (κ1) is 14.2. The SMILES string of the molecule is CNc1nc(C)c([N+](=O)[O-])c(Nc2ccccc2Br)n1. The Kier molecular flexibility index (Phi) is 4.14. The van der Waals surface area contributed by atoms with Crippen LogP contribution in [-0.2, 0) is 0 Å². The summed E-state index contributed by atoms with van der Waals surface area (Å²) in [5, 5.41) is 16.9. The molecular formula is C12H12BrN5O2. The molecule has 0 atom stereocenters. The summed E-state index contributed by atoms with van der Waals surface area (Å²) >= 11 is 3.38. The summed E-state index contributed by atoms with van der Waals surface area (Å²) in [4.78, 5) is 18.8. The summed E-state index contributed by atoms with van der Waals surface area (Å²) in [5.74, 6) is 0.474. The van der Waals surface area contributed by atoms with Gasteiger partial charge < -0.3 is 10.6 Å². The lowest BCUT2D eigenvalue weighted by atomic mass is 10.3. The maximum Gasteiger partial charge on any atom is 0.332 e. The molecule has 2 N–H and O–H groups in total. The van der Waals surface area contributed by atoms with Crippen LogP contribution in [-0.4, -0.2) is 21.9 Å². The molecule has 0 unspecified atom stereocenters. The third-order valence-corrected chi connectivity index (χ3v) is 3.28. The van der Waals surface area contributed by atoms with Crippen LogP contribution in [0.4, 0.5) is 23.1 Å². The third-order valence-electron chi connectivity index (χ3n) is 2.59. The van der Waals surface area contributed by atoms with Crippen molar-refractivity contribution in [1.82, 2.24) is 9.97 Å². The van der Waals surface area contributed by atoms with Crippen LogP contribution in [0.3, 0.4) is 0 Å². The number of anilines is 3. The van der Waals surface area contributed by atoms with Gasteiger partial charge in [-0.3, -0.25) is 10.1 Å². The lowest BCUT2D eigenvalue weighted by molar-refractivity contribution is -0.385. The van der Waals surface area contributed by atoms with E-state index < -0.39 is 4.92 Å². The molecular weight excluding hydrogens is 326 g/mol. The topological polar surface area (TPSA) is 93.0 Å². The zero-order valence-corrected chi connectivity index (χ0v) is 12.4. The van der Waals surface area contributed by atoms with E-state index in [-0.39, 0.29) is 11.5 Å². The molecule has 0 spiro atoms. The van der Waals surface area contributed by atoms with Crippen LogP contribution in [0.2, 0.25) is 0 Å². The van der Waals surface area contributed by atoms with Crippen molar-refractivity contribution in [2.75, 3.05) is 17.7 Å². The number of aromatic nitrogens is 2. The van der Waals surface area contributed by atoms with Crippen molar-refractivity contribution in [1.29, 1.82) is 0 Å². The molecule has 1 aromatic heterocycles. The minimum Gasteiger partial charge on any atom is -0.357 e. The number of nitrogens with one attached hydrogen (secondary N) is 2. The van der Waals surface area contributed by atoms with Crippen LogP contribution >= 0.6 is 15.9 Å². The zero-order chi connectivity index (χ0) is 14.7. The van der Waals surface area contributed by atoms with E-state index in [0.29, 0.717) is 17.3 Å². The Morgan fingerprint density at radius 1 is 1.30 bits per heavy atom. The molecule has 20 heavy (non-hydrogen) atoms. The van der Waals surface area contributed by atoms with Crippen molar-refractivity contribution in [3.63, 3.8) is 0 Å². The van der Waals surface area contributed by atoms with Crippen LogP contribution in [0.1, 0.15) is 5.69 Å². The molecule has 8 heteroatoms. The molecule has 0 fully saturated rings. The Balaban J connectivity index is 2.52. The second-order valence-corrected chi connectivity index (χ2v) is 4.80. The Hall–Kier alpha value is -2.22. The molecule has 0 amide bonds. The van der Waals surface area contributed by atoms with E-state index in [1.807, 2.05) is 18.2 Å². The maximum absolute atomic E-state index is 11.2. The molecule has 0 aliphatic rings. The van der Waals surface area contributed by atoms with Crippen molar-refractivity contribution in [3.05, 3.63) is 44.5 Å². The van der Waals surface area contributed by atoms with Gasteiger partial charge in [0.1, 0.15) is 5.69 Å². The van der Waals surface area contributed by atoms with Crippen LogP contribution in [0.15, 0.2) is 28.7 Å². The highest BCUT2D eigenvalue weighted by Crippen LogP contribution is 2.31. The van der Waals surface area contributed by atoms with Crippen molar-refractivity contribution in [2.24, 2.45) is 0 Å². The Morgan fingerprint density at radius 3 is 2.60 bits per heavy atom. The molecule has 0 radical (unpaired) electrons. The summed E-state index contributed by atoms with van der Waals surface area (Å²) < 4.78 is 0.788.